The molecule has 0 N–H and O–H groups in total. The Hall–Kier alpha value is -1.65. The van der Waals surface area contributed by atoms with E-state index < -0.39 is 10.7 Å². The fourth-order valence-corrected chi connectivity index (χ4v) is 1.31. The van der Waals surface area contributed by atoms with E-state index in [-0.39, 0.29) is 11.4 Å². The number of nitro groups is 1. The number of hydrogen-bond donors (Lipinski definition) is 0. The van der Waals surface area contributed by atoms with E-state index in [1.807, 2.05) is 0 Å². The Balaban J connectivity index is 3.50. The van der Waals surface area contributed by atoms with Gasteiger partial charge in [-0.05, 0) is 19.1 Å². The summed E-state index contributed by atoms with van der Waals surface area (Å²) < 4.78 is 13.3. The molecule has 0 heterocycles. The van der Waals surface area contributed by atoms with Crippen molar-refractivity contribution in [3.05, 3.63) is 33.6 Å². The van der Waals surface area contributed by atoms with Crippen LogP contribution in [0.2, 0.25) is 0 Å². The first-order valence-corrected chi connectivity index (χ1v) is 4.06. The Labute approximate surface area is 81.1 Å². The molecule has 0 amide bonds. The van der Waals surface area contributed by atoms with Crippen molar-refractivity contribution in [3.8, 4) is 0 Å². The highest BCUT2D eigenvalue weighted by atomic mass is 19.1. The predicted molar refractivity (Wildman–Crippen MR) is 52.1 cm³/mol. The van der Waals surface area contributed by atoms with Crippen LogP contribution in [0.1, 0.15) is 5.56 Å². The maximum absolute atomic E-state index is 13.3. The van der Waals surface area contributed by atoms with E-state index in [0.717, 1.165) is 0 Å². The second kappa shape index (κ2) is 3.61. The van der Waals surface area contributed by atoms with E-state index in [1.54, 1.807) is 21.0 Å². The number of halogens is 1. The third kappa shape index (κ3) is 1.66. The average Bonchev–Trinajstić information content (AvgIpc) is 2.07. The Bertz CT molecular complexity index is 377. The Morgan fingerprint density at radius 3 is 2.36 bits per heavy atom. The van der Waals surface area contributed by atoms with Gasteiger partial charge in [0.05, 0.1) is 4.92 Å². The van der Waals surface area contributed by atoms with Crippen LogP contribution in [0.3, 0.4) is 0 Å². The van der Waals surface area contributed by atoms with Gasteiger partial charge >= 0.3 is 0 Å². The Morgan fingerprint density at radius 1 is 1.43 bits per heavy atom. The van der Waals surface area contributed by atoms with Crippen molar-refractivity contribution >= 4 is 11.4 Å². The molecule has 0 radical (unpaired) electrons. The molecule has 1 aromatic rings. The molecule has 5 heteroatoms. The monoisotopic (exact) mass is 198 g/mol. The van der Waals surface area contributed by atoms with Crippen LogP contribution in [-0.2, 0) is 0 Å². The molecular formula is C9H11FN2O2. The molecule has 0 saturated carbocycles. The lowest BCUT2D eigenvalue weighted by molar-refractivity contribution is -0.384. The zero-order valence-electron chi connectivity index (χ0n) is 8.24. The van der Waals surface area contributed by atoms with E-state index in [0.29, 0.717) is 5.56 Å². The zero-order valence-corrected chi connectivity index (χ0v) is 8.24. The number of rotatable bonds is 2. The second-order valence-electron chi connectivity index (χ2n) is 3.21. The third-order valence-electron chi connectivity index (χ3n) is 1.93. The van der Waals surface area contributed by atoms with Crippen LogP contribution < -0.4 is 4.90 Å². The highest BCUT2D eigenvalue weighted by Gasteiger charge is 2.22. The van der Waals surface area contributed by atoms with Gasteiger partial charge in [0.15, 0.2) is 11.5 Å². The van der Waals surface area contributed by atoms with Crippen LogP contribution >= 0.6 is 0 Å². The van der Waals surface area contributed by atoms with Crippen LogP contribution in [0.25, 0.3) is 0 Å². The van der Waals surface area contributed by atoms with Crippen molar-refractivity contribution in [1.29, 1.82) is 0 Å². The summed E-state index contributed by atoms with van der Waals surface area (Å²) in [5, 5.41) is 10.7. The van der Waals surface area contributed by atoms with Crippen molar-refractivity contribution in [2.75, 3.05) is 19.0 Å². The maximum Gasteiger partial charge on any atom is 0.298 e. The van der Waals surface area contributed by atoms with Crippen LogP contribution in [-0.4, -0.2) is 19.0 Å². The summed E-state index contributed by atoms with van der Waals surface area (Å²) in [6.45, 7) is 1.59. The first kappa shape index (κ1) is 10.4. The number of nitrogens with zero attached hydrogens (tertiary/aromatic N) is 2. The molecule has 4 nitrogen and oxygen atoms in total. The van der Waals surface area contributed by atoms with Crippen LogP contribution in [0.15, 0.2) is 12.1 Å². The van der Waals surface area contributed by atoms with Gasteiger partial charge in [-0.15, -0.1) is 0 Å². The van der Waals surface area contributed by atoms with Crippen molar-refractivity contribution in [2.45, 2.75) is 6.92 Å². The van der Waals surface area contributed by atoms with Crippen molar-refractivity contribution in [1.82, 2.24) is 0 Å². The van der Waals surface area contributed by atoms with Gasteiger partial charge in [0.2, 0.25) is 0 Å². The largest absolute Gasteiger partial charge is 0.370 e. The zero-order chi connectivity index (χ0) is 10.9. The predicted octanol–water partition coefficient (Wildman–Crippen LogP) is 2.11. The molecule has 0 unspecified atom stereocenters. The van der Waals surface area contributed by atoms with Gasteiger partial charge in [-0.2, -0.15) is 0 Å². The van der Waals surface area contributed by atoms with E-state index in [2.05, 4.69) is 0 Å². The lowest BCUT2D eigenvalue weighted by Gasteiger charge is -2.14. The number of anilines is 1. The van der Waals surface area contributed by atoms with Crippen molar-refractivity contribution in [2.24, 2.45) is 0 Å². The van der Waals surface area contributed by atoms with E-state index in [4.69, 9.17) is 0 Å². The number of hydrogen-bond acceptors (Lipinski definition) is 3. The molecule has 0 saturated heterocycles. The van der Waals surface area contributed by atoms with E-state index >= 15 is 0 Å². The Morgan fingerprint density at radius 2 is 2.00 bits per heavy atom. The molecular weight excluding hydrogens is 187 g/mol. The van der Waals surface area contributed by atoms with Gasteiger partial charge in [0.1, 0.15) is 0 Å². The van der Waals surface area contributed by atoms with Crippen molar-refractivity contribution < 1.29 is 9.31 Å². The molecule has 0 aliphatic carbocycles. The first-order valence-electron chi connectivity index (χ1n) is 4.06. The standard InChI is InChI=1S/C9H11FN2O2/c1-6-4-5-7(10)9(11(2)3)8(6)12(13)14/h4-5H,1-3H3. The number of benzene rings is 1. The summed E-state index contributed by atoms with van der Waals surface area (Å²) in [6, 6.07) is 2.64. The van der Waals surface area contributed by atoms with E-state index in [1.165, 1.54) is 17.0 Å². The quantitative estimate of drug-likeness (QED) is 0.540. The van der Waals surface area contributed by atoms with E-state index in [9.17, 15) is 14.5 Å². The lowest BCUT2D eigenvalue weighted by Crippen LogP contribution is -2.13. The smallest absolute Gasteiger partial charge is 0.298 e. The minimum Gasteiger partial charge on any atom is -0.370 e. The van der Waals surface area contributed by atoms with Crippen LogP contribution in [0.5, 0.6) is 0 Å². The minimum absolute atomic E-state index is 0.0231. The van der Waals surface area contributed by atoms with Gasteiger partial charge < -0.3 is 4.90 Å². The normalized spacial score (nSPS) is 10.0. The van der Waals surface area contributed by atoms with Gasteiger partial charge in [0, 0.05) is 19.7 Å². The molecule has 0 aliphatic rings. The average molecular weight is 198 g/mol. The molecule has 1 aromatic carbocycles. The summed E-state index contributed by atoms with van der Waals surface area (Å²) in [6.07, 6.45) is 0. The first-order chi connectivity index (χ1) is 6.45. The summed E-state index contributed by atoms with van der Waals surface area (Å²) >= 11 is 0. The number of aryl methyl sites for hydroxylation is 1. The molecule has 14 heavy (non-hydrogen) atoms. The molecule has 0 fully saturated rings. The van der Waals surface area contributed by atoms with Crippen molar-refractivity contribution in [3.63, 3.8) is 0 Å². The maximum atomic E-state index is 13.3. The SMILES string of the molecule is Cc1ccc(F)c(N(C)C)c1[N+](=O)[O-]. The fraction of sp³-hybridized carbons (Fsp3) is 0.333. The molecule has 76 valence electrons. The topological polar surface area (TPSA) is 46.4 Å². The minimum atomic E-state index is -0.577. The van der Waals surface area contributed by atoms with Gasteiger partial charge in [-0.25, -0.2) is 4.39 Å². The summed E-state index contributed by atoms with van der Waals surface area (Å²) in [5.41, 5.74) is 0.310. The van der Waals surface area contributed by atoms with Crippen LogP contribution in [0.4, 0.5) is 15.8 Å². The fourth-order valence-electron chi connectivity index (χ4n) is 1.31. The molecule has 0 spiro atoms. The van der Waals surface area contributed by atoms with Gasteiger partial charge in [-0.3, -0.25) is 10.1 Å². The third-order valence-corrected chi connectivity index (χ3v) is 1.93. The summed E-state index contributed by atoms with van der Waals surface area (Å²) in [4.78, 5) is 11.6. The second-order valence-corrected chi connectivity index (χ2v) is 3.21. The molecule has 0 aromatic heterocycles. The molecule has 0 bridgehead atoms. The lowest BCUT2D eigenvalue weighted by atomic mass is 10.1. The van der Waals surface area contributed by atoms with Crippen LogP contribution in [0, 0.1) is 22.9 Å². The highest BCUT2D eigenvalue weighted by Crippen LogP contribution is 2.32. The molecule has 0 atom stereocenters. The summed E-state index contributed by atoms with van der Waals surface area (Å²) in [7, 11) is 3.15. The van der Waals surface area contributed by atoms with Gasteiger partial charge in [-0.1, -0.05) is 0 Å². The number of nitro benzene ring substituents is 1. The molecule has 0 aliphatic heterocycles. The molecule has 1 rings (SSSR count). The Kier molecular flexibility index (Phi) is 2.69. The summed E-state index contributed by atoms with van der Waals surface area (Å²) in [5.74, 6) is -0.577. The highest BCUT2D eigenvalue weighted by molar-refractivity contribution is 5.66. The van der Waals surface area contributed by atoms with Gasteiger partial charge in [0.25, 0.3) is 5.69 Å².